The van der Waals surface area contributed by atoms with Crippen LogP contribution < -0.4 is 4.90 Å². The van der Waals surface area contributed by atoms with Crippen LogP contribution in [0.25, 0.3) is 5.69 Å². The number of rotatable bonds is 2. The Bertz CT molecular complexity index is 1040. The first-order valence-electron chi connectivity index (χ1n) is 9.87. The second kappa shape index (κ2) is 7.39. The predicted octanol–water partition coefficient (Wildman–Crippen LogP) is 3.78. The third kappa shape index (κ3) is 3.49. The van der Waals surface area contributed by atoms with E-state index in [4.69, 9.17) is 11.6 Å². The summed E-state index contributed by atoms with van der Waals surface area (Å²) in [5.41, 5.74) is 2.30. The van der Waals surface area contributed by atoms with E-state index in [-0.39, 0.29) is 0 Å². The van der Waals surface area contributed by atoms with Gasteiger partial charge < -0.3 is 4.90 Å². The van der Waals surface area contributed by atoms with Crippen molar-refractivity contribution in [2.75, 3.05) is 25.0 Å². The average Bonchev–Trinajstić information content (AvgIpc) is 3.05. The van der Waals surface area contributed by atoms with Crippen molar-refractivity contribution in [2.45, 2.75) is 31.8 Å². The van der Waals surface area contributed by atoms with Crippen LogP contribution >= 0.6 is 11.6 Å². The van der Waals surface area contributed by atoms with Crippen molar-refractivity contribution in [2.24, 2.45) is 0 Å². The molecule has 1 saturated heterocycles. The van der Waals surface area contributed by atoms with Crippen LogP contribution in [0.3, 0.4) is 0 Å². The van der Waals surface area contributed by atoms with E-state index in [9.17, 15) is 4.39 Å². The lowest BCUT2D eigenvalue weighted by atomic mass is 9.95. The fourth-order valence-electron chi connectivity index (χ4n) is 4.39. The van der Waals surface area contributed by atoms with Gasteiger partial charge in [0, 0.05) is 30.6 Å². The van der Waals surface area contributed by atoms with Gasteiger partial charge in [-0.05, 0) is 55.8 Å². The normalized spacial score (nSPS) is 17.7. The van der Waals surface area contributed by atoms with Crippen molar-refractivity contribution in [3.05, 3.63) is 64.6 Å². The molecule has 6 nitrogen and oxygen atoms in total. The van der Waals surface area contributed by atoms with E-state index in [1.54, 1.807) is 6.07 Å². The lowest BCUT2D eigenvalue weighted by Crippen LogP contribution is -2.34. The lowest BCUT2D eigenvalue weighted by molar-refractivity contribution is 0.315. The van der Waals surface area contributed by atoms with Crippen LogP contribution in [0.15, 0.2) is 36.4 Å². The van der Waals surface area contributed by atoms with Crippen molar-refractivity contribution in [3.63, 3.8) is 0 Å². The number of anilines is 1. The molecule has 0 unspecified atom stereocenters. The maximum Gasteiger partial charge on any atom is 0.214 e. The summed E-state index contributed by atoms with van der Waals surface area (Å²) in [7, 11) is 2.08. The number of aromatic nitrogens is 4. The molecule has 0 N–H and O–H groups in total. The van der Waals surface area contributed by atoms with Crippen LogP contribution in [0, 0.1) is 5.95 Å². The van der Waals surface area contributed by atoms with Crippen LogP contribution in [-0.2, 0) is 13.1 Å². The summed E-state index contributed by atoms with van der Waals surface area (Å²) in [6, 6.07) is 11.0. The highest BCUT2D eigenvalue weighted by molar-refractivity contribution is 6.30. The topological polar surface area (TPSA) is 50.1 Å². The zero-order valence-corrected chi connectivity index (χ0v) is 17.0. The molecule has 150 valence electrons. The minimum Gasteiger partial charge on any atom is -0.356 e. The number of benzene rings is 1. The van der Waals surface area contributed by atoms with Gasteiger partial charge in [0.05, 0.1) is 12.2 Å². The number of nitrogens with zero attached hydrogens (tertiary/aromatic N) is 6. The Balaban J connectivity index is 1.44. The van der Waals surface area contributed by atoms with Gasteiger partial charge in [-0.3, -0.25) is 9.47 Å². The van der Waals surface area contributed by atoms with Gasteiger partial charge in [-0.15, -0.1) is 10.2 Å². The summed E-state index contributed by atoms with van der Waals surface area (Å²) in [5, 5.41) is 9.85. The zero-order valence-electron chi connectivity index (χ0n) is 16.2. The minimum atomic E-state index is -0.438. The molecule has 3 aromatic rings. The summed E-state index contributed by atoms with van der Waals surface area (Å²) < 4.78 is 15.7. The van der Waals surface area contributed by atoms with Crippen LogP contribution in [-0.4, -0.2) is 44.8 Å². The number of halogens is 2. The van der Waals surface area contributed by atoms with Crippen LogP contribution in [0.1, 0.15) is 36.0 Å². The van der Waals surface area contributed by atoms with Gasteiger partial charge in [0.15, 0.2) is 5.82 Å². The molecule has 29 heavy (non-hydrogen) atoms. The van der Waals surface area contributed by atoms with Crippen LogP contribution in [0.2, 0.25) is 5.02 Å². The number of hydrogen-bond acceptors (Lipinski definition) is 5. The molecule has 0 atom stereocenters. The van der Waals surface area contributed by atoms with E-state index in [1.165, 1.54) is 11.6 Å². The summed E-state index contributed by atoms with van der Waals surface area (Å²) >= 11 is 6.26. The number of hydrogen-bond donors (Lipinski definition) is 0. The van der Waals surface area contributed by atoms with Crippen LogP contribution in [0.5, 0.6) is 0 Å². The van der Waals surface area contributed by atoms with E-state index < -0.39 is 5.95 Å². The second-order valence-corrected chi connectivity index (χ2v) is 8.27. The Kier molecular flexibility index (Phi) is 4.72. The Morgan fingerprint density at radius 3 is 2.69 bits per heavy atom. The van der Waals surface area contributed by atoms with Gasteiger partial charge >= 0.3 is 0 Å². The molecular weight excluding hydrogens is 391 g/mol. The minimum absolute atomic E-state index is 0.299. The highest BCUT2D eigenvalue weighted by atomic mass is 35.5. The van der Waals surface area contributed by atoms with Gasteiger partial charge in [0.2, 0.25) is 5.95 Å². The SMILES string of the molecule is CN1Cc2cc(Cl)ccc2-n2c(nnc2C2CCN(c3cccc(F)n3)CC2)C1. The van der Waals surface area contributed by atoms with E-state index in [0.717, 1.165) is 61.4 Å². The third-order valence-corrected chi connectivity index (χ3v) is 6.01. The summed E-state index contributed by atoms with van der Waals surface area (Å²) in [6.07, 6.45) is 1.85. The quantitative estimate of drug-likeness (QED) is 0.599. The molecule has 0 spiro atoms. The highest BCUT2D eigenvalue weighted by Crippen LogP contribution is 2.34. The maximum absolute atomic E-state index is 13.5. The molecule has 0 aliphatic carbocycles. The molecular formula is C21H22ClFN6. The Morgan fingerprint density at radius 2 is 1.90 bits per heavy atom. The molecule has 4 heterocycles. The molecule has 1 fully saturated rings. The predicted molar refractivity (Wildman–Crippen MR) is 110 cm³/mol. The number of piperidine rings is 1. The third-order valence-electron chi connectivity index (χ3n) is 5.77. The van der Waals surface area contributed by atoms with E-state index in [1.807, 2.05) is 18.2 Å². The smallest absolute Gasteiger partial charge is 0.214 e. The standard InChI is InChI=1S/C21H22ClFN6/c1-27-12-15-11-16(22)5-6-17(15)29-20(13-27)25-26-21(29)14-7-9-28(10-8-14)19-4-2-3-18(23)24-19/h2-6,11,14H,7-10,12-13H2,1H3. The number of pyridine rings is 1. The first-order chi connectivity index (χ1) is 14.1. The highest BCUT2D eigenvalue weighted by Gasteiger charge is 2.29. The van der Waals surface area contributed by atoms with Crippen molar-refractivity contribution in [1.29, 1.82) is 0 Å². The Labute approximate surface area is 173 Å². The van der Waals surface area contributed by atoms with Crippen LogP contribution in [0.4, 0.5) is 10.2 Å². The Hall–Kier alpha value is -2.51. The maximum atomic E-state index is 13.5. The monoisotopic (exact) mass is 412 g/mol. The van der Waals surface area contributed by atoms with Gasteiger partial charge in [0.25, 0.3) is 0 Å². The van der Waals surface area contributed by atoms with E-state index in [2.05, 4.69) is 42.7 Å². The van der Waals surface area contributed by atoms with Crippen molar-refractivity contribution >= 4 is 17.4 Å². The van der Waals surface area contributed by atoms with Crippen molar-refractivity contribution in [3.8, 4) is 5.69 Å². The molecule has 0 radical (unpaired) electrons. The largest absolute Gasteiger partial charge is 0.356 e. The molecule has 5 rings (SSSR count). The van der Waals surface area contributed by atoms with E-state index >= 15 is 0 Å². The van der Waals surface area contributed by atoms with Crippen molar-refractivity contribution < 1.29 is 4.39 Å². The average molecular weight is 413 g/mol. The van der Waals surface area contributed by atoms with Gasteiger partial charge in [-0.2, -0.15) is 4.39 Å². The molecule has 0 amide bonds. The lowest BCUT2D eigenvalue weighted by Gasteiger charge is -2.32. The summed E-state index contributed by atoms with van der Waals surface area (Å²) in [5.74, 6) is 2.52. The van der Waals surface area contributed by atoms with Crippen molar-refractivity contribution in [1.82, 2.24) is 24.6 Å². The molecule has 2 aliphatic rings. The molecule has 1 aromatic carbocycles. The summed E-state index contributed by atoms with van der Waals surface area (Å²) in [6.45, 7) is 3.20. The Morgan fingerprint density at radius 1 is 1.07 bits per heavy atom. The zero-order chi connectivity index (χ0) is 20.0. The first kappa shape index (κ1) is 18.5. The number of fused-ring (bicyclic) bond motifs is 3. The molecule has 0 saturated carbocycles. The van der Waals surface area contributed by atoms with Gasteiger partial charge in [-0.1, -0.05) is 17.7 Å². The molecule has 8 heteroatoms. The molecule has 0 bridgehead atoms. The first-order valence-corrected chi connectivity index (χ1v) is 10.3. The molecule has 2 aliphatic heterocycles. The van der Waals surface area contributed by atoms with Gasteiger partial charge in [-0.25, -0.2) is 4.98 Å². The van der Waals surface area contributed by atoms with Gasteiger partial charge in [0.1, 0.15) is 11.6 Å². The second-order valence-electron chi connectivity index (χ2n) is 7.83. The summed E-state index contributed by atoms with van der Waals surface area (Å²) in [4.78, 5) is 8.39. The van der Waals surface area contributed by atoms with E-state index in [0.29, 0.717) is 11.7 Å². The fourth-order valence-corrected chi connectivity index (χ4v) is 4.58. The molecule has 2 aromatic heterocycles. The fraction of sp³-hybridized carbons (Fsp3) is 0.381.